The van der Waals surface area contributed by atoms with Gasteiger partial charge >= 0.3 is 12.1 Å². The average Bonchev–Trinajstić information content (AvgIpc) is 3.27. The van der Waals surface area contributed by atoms with E-state index in [-0.39, 0.29) is 18.7 Å². The number of anilines is 1. The Hall–Kier alpha value is -2.84. The molecule has 0 saturated carbocycles. The smallest absolute Gasteiger partial charge is 0.410 e. The number of aromatic nitrogens is 3. The molecule has 2 aromatic rings. The number of hydrogen-bond acceptors (Lipinski definition) is 7. The van der Waals surface area contributed by atoms with Crippen LogP contribution in [0.4, 0.5) is 10.5 Å². The predicted octanol–water partition coefficient (Wildman–Crippen LogP) is 3.05. The zero-order chi connectivity index (χ0) is 21.2. The van der Waals surface area contributed by atoms with Gasteiger partial charge in [-0.15, -0.1) is 0 Å². The fraction of sp³-hybridized carbons (Fsp3) is 0.600. The van der Waals surface area contributed by atoms with Crippen LogP contribution in [0.25, 0.3) is 11.0 Å². The van der Waals surface area contributed by atoms with Crippen LogP contribution in [0.15, 0.2) is 12.4 Å². The van der Waals surface area contributed by atoms with E-state index in [0.29, 0.717) is 36.5 Å². The number of esters is 1. The number of nitrogens with zero attached hydrogens (tertiary/aromatic N) is 4. The summed E-state index contributed by atoms with van der Waals surface area (Å²) in [7, 11) is 0. The van der Waals surface area contributed by atoms with Gasteiger partial charge in [0.05, 0.1) is 23.9 Å². The summed E-state index contributed by atoms with van der Waals surface area (Å²) in [5, 5.41) is 8.55. The van der Waals surface area contributed by atoms with Crippen molar-refractivity contribution in [1.29, 1.82) is 0 Å². The van der Waals surface area contributed by atoms with Gasteiger partial charge in [-0.05, 0) is 41.0 Å². The van der Waals surface area contributed by atoms with Crippen LogP contribution in [-0.2, 0) is 16.0 Å². The molecule has 0 unspecified atom stereocenters. The van der Waals surface area contributed by atoms with E-state index >= 15 is 0 Å². The summed E-state index contributed by atoms with van der Waals surface area (Å²) in [5.74, 6) is -0.435. The lowest BCUT2D eigenvalue weighted by atomic mass is 10.1. The van der Waals surface area contributed by atoms with Crippen molar-refractivity contribution in [2.24, 2.45) is 0 Å². The number of fused-ring (bicyclic) bond motifs is 1. The van der Waals surface area contributed by atoms with E-state index in [2.05, 4.69) is 15.4 Å². The van der Waals surface area contributed by atoms with Gasteiger partial charge in [0.1, 0.15) is 11.2 Å². The average molecular weight is 403 g/mol. The standard InChI is InChI=1S/C20H29N5O4/c1-6-25-17-14(11-22-25)16(15(10-21-17)18(26)28-7-2)23-13-8-9-24(12-13)19(27)29-20(3,4)5/h10-11,13H,6-9,12H2,1-5H3,(H,21,23)/t13-/m1/s1. The molecule has 29 heavy (non-hydrogen) atoms. The van der Waals surface area contributed by atoms with Crippen LogP contribution in [0.3, 0.4) is 0 Å². The zero-order valence-corrected chi connectivity index (χ0v) is 17.7. The van der Waals surface area contributed by atoms with Gasteiger partial charge in [-0.2, -0.15) is 5.10 Å². The molecule has 0 aliphatic carbocycles. The molecule has 3 heterocycles. The third-order valence-corrected chi connectivity index (χ3v) is 4.65. The molecular weight excluding hydrogens is 374 g/mol. The van der Waals surface area contributed by atoms with Gasteiger partial charge in [-0.25, -0.2) is 19.3 Å². The molecular formula is C20H29N5O4. The largest absolute Gasteiger partial charge is 0.462 e. The topological polar surface area (TPSA) is 98.6 Å². The van der Waals surface area contributed by atoms with E-state index in [9.17, 15) is 9.59 Å². The van der Waals surface area contributed by atoms with Crippen molar-refractivity contribution >= 4 is 28.8 Å². The van der Waals surface area contributed by atoms with Gasteiger partial charge < -0.3 is 19.7 Å². The van der Waals surface area contributed by atoms with Crippen LogP contribution in [0, 0.1) is 0 Å². The summed E-state index contributed by atoms with van der Waals surface area (Å²) >= 11 is 0. The zero-order valence-electron chi connectivity index (χ0n) is 17.7. The Bertz CT molecular complexity index is 902. The van der Waals surface area contributed by atoms with Gasteiger partial charge in [-0.3, -0.25) is 0 Å². The summed E-state index contributed by atoms with van der Waals surface area (Å²) in [6.45, 7) is 11.3. The Balaban J connectivity index is 1.85. The molecule has 158 valence electrons. The molecule has 1 aliphatic heterocycles. The first-order valence-corrected chi connectivity index (χ1v) is 9.99. The van der Waals surface area contributed by atoms with Crippen LogP contribution >= 0.6 is 0 Å². The van der Waals surface area contributed by atoms with Crippen molar-refractivity contribution in [1.82, 2.24) is 19.7 Å². The maximum absolute atomic E-state index is 12.5. The van der Waals surface area contributed by atoms with E-state index < -0.39 is 11.6 Å². The molecule has 0 radical (unpaired) electrons. The van der Waals surface area contributed by atoms with Crippen LogP contribution in [0.2, 0.25) is 0 Å². The molecule has 2 aromatic heterocycles. The number of nitrogens with one attached hydrogen (secondary N) is 1. The fourth-order valence-electron chi connectivity index (χ4n) is 3.35. The maximum Gasteiger partial charge on any atom is 0.410 e. The highest BCUT2D eigenvalue weighted by atomic mass is 16.6. The normalized spacial score (nSPS) is 16.9. The van der Waals surface area contributed by atoms with Crippen molar-refractivity contribution < 1.29 is 19.1 Å². The van der Waals surface area contributed by atoms with Crippen LogP contribution in [0.5, 0.6) is 0 Å². The van der Waals surface area contributed by atoms with Crippen molar-refractivity contribution in [3.05, 3.63) is 18.0 Å². The van der Waals surface area contributed by atoms with Crippen molar-refractivity contribution in [3.8, 4) is 0 Å². The number of ether oxygens (including phenoxy) is 2. The highest BCUT2D eigenvalue weighted by Gasteiger charge is 2.31. The minimum Gasteiger partial charge on any atom is -0.462 e. The lowest BCUT2D eigenvalue weighted by Crippen LogP contribution is -2.36. The fourth-order valence-corrected chi connectivity index (χ4v) is 3.35. The van der Waals surface area contributed by atoms with E-state index in [4.69, 9.17) is 9.47 Å². The second-order valence-electron chi connectivity index (χ2n) is 8.02. The molecule has 3 rings (SSSR count). The molecule has 9 heteroatoms. The second-order valence-corrected chi connectivity index (χ2v) is 8.02. The first-order chi connectivity index (χ1) is 13.7. The Labute approximate surface area is 170 Å². The molecule has 1 N–H and O–H groups in total. The number of hydrogen-bond donors (Lipinski definition) is 1. The second kappa shape index (κ2) is 8.26. The molecule has 9 nitrogen and oxygen atoms in total. The van der Waals surface area contributed by atoms with E-state index in [0.717, 1.165) is 11.8 Å². The van der Waals surface area contributed by atoms with Crippen LogP contribution in [-0.4, -0.2) is 63.1 Å². The Morgan fingerprint density at radius 2 is 2.03 bits per heavy atom. The van der Waals surface area contributed by atoms with Gasteiger partial charge in [0.25, 0.3) is 0 Å². The van der Waals surface area contributed by atoms with Crippen molar-refractivity contribution in [2.75, 3.05) is 25.0 Å². The van der Waals surface area contributed by atoms with Gasteiger partial charge in [0, 0.05) is 31.9 Å². The Kier molecular flexibility index (Phi) is 5.95. The number of likely N-dealkylation sites (tertiary alicyclic amines) is 1. The number of rotatable bonds is 5. The maximum atomic E-state index is 12.5. The number of pyridine rings is 1. The Morgan fingerprint density at radius 1 is 1.28 bits per heavy atom. The van der Waals surface area contributed by atoms with Crippen LogP contribution < -0.4 is 5.32 Å². The third kappa shape index (κ3) is 4.60. The number of carbonyl (C=O) groups excluding carboxylic acids is 2. The first-order valence-electron chi connectivity index (χ1n) is 9.99. The molecule has 1 aliphatic rings. The van der Waals surface area contributed by atoms with Gasteiger partial charge in [0.15, 0.2) is 5.65 Å². The lowest BCUT2D eigenvalue weighted by molar-refractivity contribution is 0.0293. The molecule has 0 aromatic carbocycles. The molecule has 1 fully saturated rings. The molecule has 0 bridgehead atoms. The summed E-state index contributed by atoms with van der Waals surface area (Å²) in [5.41, 5.74) is 1.17. The summed E-state index contributed by atoms with van der Waals surface area (Å²) < 4.78 is 12.4. The molecule has 1 atom stereocenters. The van der Waals surface area contributed by atoms with E-state index in [1.165, 1.54) is 6.20 Å². The van der Waals surface area contributed by atoms with Crippen molar-refractivity contribution in [3.63, 3.8) is 0 Å². The number of carbonyl (C=O) groups is 2. The predicted molar refractivity (Wildman–Crippen MR) is 109 cm³/mol. The molecule has 0 spiro atoms. The van der Waals surface area contributed by atoms with E-state index in [1.807, 2.05) is 27.7 Å². The van der Waals surface area contributed by atoms with Crippen LogP contribution in [0.1, 0.15) is 51.4 Å². The van der Waals surface area contributed by atoms with Crippen molar-refractivity contribution in [2.45, 2.75) is 59.2 Å². The number of aryl methyl sites for hydroxylation is 1. The highest BCUT2D eigenvalue weighted by molar-refractivity contribution is 6.04. The Morgan fingerprint density at radius 3 is 2.69 bits per heavy atom. The minimum atomic E-state index is -0.536. The quantitative estimate of drug-likeness (QED) is 0.766. The monoisotopic (exact) mass is 403 g/mol. The lowest BCUT2D eigenvalue weighted by Gasteiger charge is -2.24. The summed E-state index contributed by atoms with van der Waals surface area (Å²) in [6.07, 6.45) is 3.65. The molecule has 1 amide bonds. The van der Waals surface area contributed by atoms with E-state index in [1.54, 1.807) is 22.7 Å². The summed E-state index contributed by atoms with van der Waals surface area (Å²) in [4.78, 5) is 30.9. The van der Waals surface area contributed by atoms with Gasteiger partial charge in [-0.1, -0.05) is 0 Å². The van der Waals surface area contributed by atoms with Gasteiger partial charge in [0.2, 0.25) is 0 Å². The number of amides is 1. The molecule has 1 saturated heterocycles. The minimum absolute atomic E-state index is 0.0220. The third-order valence-electron chi connectivity index (χ3n) is 4.65. The summed E-state index contributed by atoms with van der Waals surface area (Å²) in [6, 6.07) is -0.0220. The first kappa shape index (κ1) is 20.9. The highest BCUT2D eigenvalue weighted by Crippen LogP contribution is 2.29. The SMILES string of the molecule is CCOC(=O)c1cnc2c(cnn2CC)c1N[C@@H]1CCN(C(=O)OC(C)(C)C)C1.